The van der Waals surface area contributed by atoms with Gasteiger partial charge in [0, 0.05) is 0 Å². The van der Waals surface area contributed by atoms with Gasteiger partial charge < -0.3 is 14.8 Å². The molecule has 0 saturated carbocycles. The standard InChI is InChI=1S/C21H37NO4/c1-4-7-9-10-11-12-13-14-15-18-25-20(23)19(16-8-5-2)22-21(24)26-17-6-3/h3,19H,4-5,7-18H2,1-2H3,(H,22,24). The summed E-state index contributed by atoms with van der Waals surface area (Å²) in [5.74, 6) is 1.82. The van der Waals surface area contributed by atoms with Gasteiger partial charge in [-0.05, 0) is 12.8 Å². The van der Waals surface area contributed by atoms with Gasteiger partial charge in [0.05, 0.1) is 6.61 Å². The fourth-order valence-corrected chi connectivity index (χ4v) is 2.63. The highest BCUT2D eigenvalue weighted by atomic mass is 16.6. The minimum atomic E-state index is -0.677. The summed E-state index contributed by atoms with van der Waals surface area (Å²) < 4.78 is 10.1. The Kier molecular flexibility index (Phi) is 16.9. The molecule has 0 aromatic rings. The highest BCUT2D eigenvalue weighted by molar-refractivity contribution is 5.81. The van der Waals surface area contributed by atoms with Crippen LogP contribution in [0.3, 0.4) is 0 Å². The molecule has 0 aromatic heterocycles. The van der Waals surface area contributed by atoms with Gasteiger partial charge in [-0.3, -0.25) is 0 Å². The molecule has 0 aliphatic carbocycles. The summed E-state index contributed by atoms with van der Waals surface area (Å²) in [4.78, 5) is 23.7. The smallest absolute Gasteiger partial charge is 0.408 e. The minimum absolute atomic E-state index is 0.111. The fraction of sp³-hybridized carbons (Fsp3) is 0.810. The Labute approximate surface area is 159 Å². The van der Waals surface area contributed by atoms with Crippen molar-refractivity contribution in [3.8, 4) is 12.3 Å². The van der Waals surface area contributed by atoms with Gasteiger partial charge in [-0.2, -0.15) is 0 Å². The third kappa shape index (κ3) is 14.6. The number of rotatable bonds is 16. The average molecular weight is 368 g/mol. The largest absolute Gasteiger partial charge is 0.464 e. The van der Waals surface area contributed by atoms with Crippen LogP contribution >= 0.6 is 0 Å². The van der Waals surface area contributed by atoms with Gasteiger partial charge in [0.2, 0.25) is 0 Å². The molecular weight excluding hydrogens is 330 g/mol. The van der Waals surface area contributed by atoms with Gasteiger partial charge in [0.15, 0.2) is 6.61 Å². The van der Waals surface area contributed by atoms with Crippen LogP contribution in [0.5, 0.6) is 0 Å². The molecule has 0 heterocycles. The van der Waals surface area contributed by atoms with Crippen LogP contribution in [0.2, 0.25) is 0 Å². The van der Waals surface area contributed by atoms with Crippen molar-refractivity contribution in [2.45, 2.75) is 96.9 Å². The van der Waals surface area contributed by atoms with Crippen LogP contribution in [0.4, 0.5) is 4.79 Å². The highest BCUT2D eigenvalue weighted by Gasteiger charge is 2.22. The van der Waals surface area contributed by atoms with E-state index in [2.05, 4.69) is 18.2 Å². The van der Waals surface area contributed by atoms with Crippen molar-refractivity contribution in [3.63, 3.8) is 0 Å². The van der Waals surface area contributed by atoms with Crippen molar-refractivity contribution in [2.24, 2.45) is 0 Å². The number of hydrogen-bond donors (Lipinski definition) is 1. The lowest BCUT2D eigenvalue weighted by Gasteiger charge is -2.17. The van der Waals surface area contributed by atoms with E-state index in [0.29, 0.717) is 13.0 Å². The second-order valence-electron chi connectivity index (χ2n) is 6.62. The Bertz CT molecular complexity index is 403. The van der Waals surface area contributed by atoms with Crippen LogP contribution < -0.4 is 5.32 Å². The van der Waals surface area contributed by atoms with Crippen LogP contribution in [0, 0.1) is 12.3 Å². The Morgan fingerprint density at radius 1 is 0.885 bits per heavy atom. The number of alkyl carbamates (subject to hydrolysis) is 1. The quantitative estimate of drug-likeness (QED) is 0.237. The third-order valence-electron chi connectivity index (χ3n) is 4.20. The Morgan fingerprint density at radius 2 is 1.46 bits per heavy atom. The van der Waals surface area contributed by atoms with E-state index < -0.39 is 18.1 Å². The van der Waals surface area contributed by atoms with E-state index in [-0.39, 0.29) is 6.61 Å². The first-order valence-corrected chi connectivity index (χ1v) is 10.2. The Hall–Kier alpha value is -1.70. The molecule has 26 heavy (non-hydrogen) atoms. The number of terminal acetylenes is 1. The lowest BCUT2D eigenvalue weighted by Crippen LogP contribution is -2.42. The number of unbranched alkanes of at least 4 members (excludes halogenated alkanes) is 9. The van der Waals surface area contributed by atoms with Gasteiger partial charge in [-0.25, -0.2) is 9.59 Å². The predicted octanol–water partition coefficient (Wildman–Crippen LogP) is 4.98. The molecule has 5 nitrogen and oxygen atoms in total. The number of ether oxygens (including phenoxy) is 2. The van der Waals surface area contributed by atoms with Crippen LogP contribution in [0.1, 0.15) is 90.9 Å². The zero-order valence-electron chi connectivity index (χ0n) is 16.7. The first-order chi connectivity index (χ1) is 12.7. The molecule has 1 N–H and O–H groups in total. The van der Waals surface area contributed by atoms with Crippen molar-refractivity contribution in [1.29, 1.82) is 0 Å². The van der Waals surface area contributed by atoms with Crippen LogP contribution in [0.25, 0.3) is 0 Å². The molecule has 150 valence electrons. The summed E-state index contributed by atoms with van der Waals surface area (Å²) in [7, 11) is 0. The second kappa shape index (κ2) is 18.1. The minimum Gasteiger partial charge on any atom is -0.464 e. The van der Waals surface area contributed by atoms with E-state index in [9.17, 15) is 9.59 Å². The van der Waals surface area contributed by atoms with Gasteiger partial charge in [0.1, 0.15) is 6.04 Å². The van der Waals surface area contributed by atoms with Crippen molar-refractivity contribution in [2.75, 3.05) is 13.2 Å². The molecule has 0 rings (SSSR count). The Morgan fingerprint density at radius 3 is 2.04 bits per heavy atom. The summed E-state index contributed by atoms with van der Waals surface area (Å²) in [5, 5.41) is 2.54. The van der Waals surface area contributed by atoms with E-state index in [1.54, 1.807) is 0 Å². The van der Waals surface area contributed by atoms with E-state index in [1.807, 2.05) is 6.92 Å². The van der Waals surface area contributed by atoms with Crippen molar-refractivity contribution >= 4 is 12.1 Å². The molecule has 1 amide bonds. The molecule has 0 radical (unpaired) electrons. The van der Waals surface area contributed by atoms with Gasteiger partial charge >= 0.3 is 12.1 Å². The number of amides is 1. The molecule has 5 heteroatoms. The first-order valence-electron chi connectivity index (χ1n) is 10.2. The molecular formula is C21H37NO4. The van der Waals surface area contributed by atoms with E-state index in [1.165, 1.54) is 44.9 Å². The van der Waals surface area contributed by atoms with E-state index in [0.717, 1.165) is 25.7 Å². The topological polar surface area (TPSA) is 64.6 Å². The zero-order chi connectivity index (χ0) is 19.5. The van der Waals surface area contributed by atoms with Crippen molar-refractivity contribution < 1.29 is 19.1 Å². The van der Waals surface area contributed by atoms with Crippen molar-refractivity contribution in [1.82, 2.24) is 5.32 Å². The number of hydrogen-bond acceptors (Lipinski definition) is 4. The van der Waals surface area contributed by atoms with Crippen molar-refractivity contribution in [3.05, 3.63) is 0 Å². The fourth-order valence-electron chi connectivity index (χ4n) is 2.63. The number of carbonyl (C=O) groups excluding carboxylic acids is 2. The maximum Gasteiger partial charge on any atom is 0.408 e. The normalized spacial score (nSPS) is 11.4. The average Bonchev–Trinajstić information content (AvgIpc) is 2.64. The van der Waals surface area contributed by atoms with Crippen LogP contribution in [0.15, 0.2) is 0 Å². The van der Waals surface area contributed by atoms with Crippen LogP contribution in [-0.2, 0) is 14.3 Å². The lowest BCUT2D eigenvalue weighted by molar-refractivity contribution is -0.146. The van der Waals surface area contributed by atoms with Gasteiger partial charge in [-0.15, -0.1) is 6.42 Å². The number of esters is 1. The third-order valence-corrected chi connectivity index (χ3v) is 4.20. The maximum absolute atomic E-state index is 12.2. The van der Waals surface area contributed by atoms with Gasteiger partial charge in [0.25, 0.3) is 0 Å². The summed E-state index contributed by atoms with van der Waals surface area (Å²) in [6, 6.07) is -0.668. The first kappa shape index (κ1) is 24.3. The summed E-state index contributed by atoms with van der Waals surface area (Å²) in [5.41, 5.74) is 0. The monoisotopic (exact) mass is 367 g/mol. The molecule has 0 spiro atoms. The summed E-state index contributed by atoms with van der Waals surface area (Å²) in [6.45, 7) is 4.55. The predicted molar refractivity (Wildman–Crippen MR) is 105 cm³/mol. The molecule has 0 bridgehead atoms. The molecule has 0 fully saturated rings. The van der Waals surface area contributed by atoms with E-state index in [4.69, 9.17) is 15.9 Å². The molecule has 1 unspecified atom stereocenters. The van der Waals surface area contributed by atoms with Crippen LogP contribution in [-0.4, -0.2) is 31.3 Å². The molecule has 0 aliphatic rings. The second-order valence-corrected chi connectivity index (χ2v) is 6.62. The summed E-state index contributed by atoms with van der Waals surface area (Å²) in [6.07, 6.45) is 17.6. The van der Waals surface area contributed by atoms with Gasteiger partial charge in [-0.1, -0.05) is 84.0 Å². The lowest BCUT2D eigenvalue weighted by atomic mass is 10.1. The maximum atomic E-state index is 12.2. The Balaban J connectivity index is 3.88. The number of carbonyl (C=O) groups is 2. The highest BCUT2D eigenvalue weighted by Crippen LogP contribution is 2.10. The molecule has 0 aliphatic heterocycles. The summed E-state index contributed by atoms with van der Waals surface area (Å²) >= 11 is 0. The number of nitrogens with one attached hydrogen (secondary N) is 1. The molecule has 0 aromatic carbocycles. The SMILES string of the molecule is C#CCOC(=O)NC(CCCC)C(=O)OCCCCCCCCCCC. The van der Waals surface area contributed by atoms with E-state index >= 15 is 0 Å². The molecule has 1 atom stereocenters. The molecule has 0 saturated heterocycles. The zero-order valence-corrected chi connectivity index (χ0v) is 16.7.